The molecule has 2 aromatic heterocycles. The molecular formula is C13H13N7. The van der Waals surface area contributed by atoms with Crippen LogP contribution in [0.2, 0.25) is 0 Å². The number of aromatic nitrogens is 4. The largest absolute Gasteiger partial charge is 0.382 e. The minimum atomic E-state index is 0.449. The molecule has 2 N–H and O–H groups in total. The van der Waals surface area contributed by atoms with E-state index in [1.54, 1.807) is 18.5 Å². The third kappa shape index (κ3) is 2.16. The van der Waals surface area contributed by atoms with Gasteiger partial charge in [-0.3, -0.25) is 0 Å². The van der Waals surface area contributed by atoms with Gasteiger partial charge in [0.05, 0.1) is 18.1 Å². The van der Waals surface area contributed by atoms with Crippen molar-refractivity contribution in [1.29, 1.82) is 0 Å². The second kappa shape index (κ2) is 4.96. The van der Waals surface area contributed by atoms with Crippen LogP contribution in [0, 0.1) is 6.92 Å². The average molecular weight is 267 g/mol. The summed E-state index contributed by atoms with van der Waals surface area (Å²) in [4.78, 5) is 2.64. The maximum absolute atomic E-state index is 6.09. The SMILES string of the molecule is Cc1nn(N=Nn2cccn2)c(N)c1-c1ccccc1. The van der Waals surface area contributed by atoms with Crippen molar-refractivity contribution >= 4 is 5.82 Å². The summed E-state index contributed by atoms with van der Waals surface area (Å²) >= 11 is 0. The zero-order valence-corrected chi connectivity index (χ0v) is 10.9. The molecule has 0 atom stereocenters. The molecule has 0 fully saturated rings. The van der Waals surface area contributed by atoms with Gasteiger partial charge in [0.15, 0.2) is 5.82 Å². The van der Waals surface area contributed by atoms with Gasteiger partial charge >= 0.3 is 0 Å². The van der Waals surface area contributed by atoms with E-state index in [2.05, 4.69) is 20.6 Å². The summed E-state index contributed by atoms with van der Waals surface area (Å²) in [5, 5.41) is 16.1. The number of nitrogen functional groups attached to an aromatic ring is 1. The van der Waals surface area contributed by atoms with Crippen molar-refractivity contribution in [1.82, 2.24) is 19.8 Å². The van der Waals surface area contributed by atoms with Crippen LogP contribution in [0.5, 0.6) is 0 Å². The van der Waals surface area contributed by atoms with Crippen LogP contribution in [-0.4, -0.2) is 19.8 Å². The summed E-state index contributed by atoms with van der Waals surface area (Å²) in [6, 6.07) is 11.6. The Balaban J connectivity index is 1.99. The van der Waals surface area contributed by atoms with Gasteiger partial charge in [-0.2, -0.15) is 10.2 Å². The Hall–Kier alpha value is -2.96. The number of nitrogens with two attached hydrogens (primary N) is 1. The van der Waals surface area contributed by atoms with E-state index in [0.717, 1.165) is 16.8 Å². The topological polar surface area (TPSA) is 86.4 Å². The Kier molecular flexibility index (Phi) is 3.00. The number of hydrogen-bond acceptors (Lipinski definition) is 5. The molecule has 0 bridgehead atoms. The molecule has 0 aliphatic heterocycles. The molecule has 0 amide bonds. The first-order valence-corrected chi connectivity index (χ1v) is 6.08. The molecule has 0 unspecified atom stereocenters. The van der Waals surface area contributed by atoms with Gasteiger partial charge in [-0.05, 0) is 29.0 Å². The van der Waals surface area contributed by atoms with Crippen molar-refractivity contribution in [2.45, 2.75) is 6.92 Å². The molecule has 0 aliphatic carbocycles. The van der Waals surface area contributed by atoms with Crippen LogP contribution < -0.4 is 5.73 Å². The van der Waals surface area contributed by atoms with Gasteiger partial charge in [0.1, 0.15) is 0 Å². The molecule has 0 saturated heterocycles. The van der Waals surface area contributed by atoms with Gasteiger partial charge in [-0.25, -0.2) is 0 Å². The highest BCUT2D eigenvalue weighted by Gasteiger charge is 2.13. The molecule has 2 heterocycles. The standard InChI is InChI=1S/C13H13N7/c1-10-12(11-6-3-2-4-7-11)13(14)20(16-10)18-17-19-9-5-8-15-19/h2-9H,14H2,1H3. The number of aryl methyl sites for hydroxylation is 1. The molecule has 20 heavy (non-hydrogen) atoms. The minimum Gasteiger partial charge on any atom is -0.382 e. The highest BCUT2D eigenvalue weighted by molar-refractivity contribution is 5.76. The van der Waals surface area contributed by atoms with Gasteiger partial charge in [-0.15, -0.1) is 9.58 Å². The van der Waals surface area contributed by atoms with Crippen molar-refractivity contribution in [2.75, 3.05) is 5.73 Å². The fourth-order valence-corrected chi connectivity index (χ4v) is 1.95. The summed E-state index contributed by atoms with van der Waals surface area (Å²) in [6.07, 6.45) is 3.29. The Morgan fingerprint density at radius 2 is 1.90 bits per heavy atom. The zero-order valence-electron chi connectivity index (χ0n) is 10.9. The van der Waals surface area contributed by atoms with E-state index in [9.17, 15) is 0 Å². The summed E-state index contributed by atoms with van der Waals surface area (Å²) in [6.45, 7) is 1.89. The Bertz CT molecular complexity index is 726. The maximum atomic E-state index is 6.09. The monoisotopic (exact) mass is 267 g/mol. The van der Waals surface area contributed by atoms with E-state index in [-0.39, 0.29) is 0 Å². The van der Waals surface area contributed by atoms with Gasteiger partial charge < -0.3 is 5.73 Å². The van der Waals surface area contributed by atoms with E-state index in [4.69, 9.17) is 5.73 Å². The molecule has 1 aromatic carbocycles. The molecule has 3 rings (SSSR count). The highest BCUT2D eigenvalue weighted by Crippen LogP contribution is 2.28. The lowest BCUT2D eigenvalue weighted by Crippen LogP contribution is -1.99. The van der Waals surface area contributed by atoms with Crippen LogP contribution >= 0.6 is 0 Å². The van der Waals surface area contributed by atoms with Gasteiger partial charge in [0, 0.05) is 5.56 Å². The predicted molar refractivity (Wildman–Crippen MR) is 74.7 cm³/mol. The average Bonchev–Trinajstić information content (AvgIpc) is 3.06. The number of nitrogens with zero attached hydrogens (tertiary/aromatic N) is 6. The minimum absolute atomic E-state index is 0.449. The fraction of sp³-hybridized carbons (Fsp3) is 0.0769. The number of hydrogen-bond donors (Lipinski definition) is 1. The zero-order chi connectivity index (χ0) is 13.9. The lowest BCUT2D eigenvalue weighted by atomic mass is 10.1. The first-order chi connectivity index (χ1) is 9.75. The van der Waals surface area contributed by atoms with Crippen LogP contribution in [0.3, 0.4) is 0 Å². The smallest absolute Gasteiger partial charge is 0.157 e. The van der Waals surface area contributed by atoms with Crippen LogP contribution in [0.15, 0.2) is 59.2 Å². The van der Waals surface area contributed by atoms with E-state index < -0.39 is 0 Å². The lowest BCUT2D eigenvalue weighted by molar-refractivity contribution is 0.591. The van der Waals surface area contributed by atoms with Crippen LogP contribution in [0.4, 0.5) is 5.82 Å². The molecule has 7 heteroatoms. The van der Waals surface area contributed by atoms with Crippen molar-refractivity contribution < 1.29 is 0 Å². The fourth-order valence-electron chi connectivity index (χ4n) is 1.95. The maximum Gasteiger partial charge on any atom is 0.157 e. The Labute approximate surface area is 115 Å². The Morgan fingerprint density at radius 1 is 1.10 bits per heavy atom. The highest BCUT2D eigenvalue weighted by atomic mass is 15.7. The van der Waals surface area contributed by atoms with E-state index in [0.29, 0.717) is 5.82 Å². The van der Waals surface area contributed by atoms with E-state index in [1.807, 2.05) is 37.3 Å². The van der Waals surface area contributed by atoms with Gasteiger partial charge in [-0.1, -0.05) is 30.3 Å². The molecule has 100 valence electrons. The first-order valence-electron chi connectivity index (χ1n) is 6.08. The van der Waals surface area contributed by atoms with Gasteiger partial charge in [0.25, 0.3) is 0 Å². The summed E-state index contributed by atoms with van der Waals surface area (Å²) in [5.74, 6) is 0.449. The third-order valence-corrected chi connectivity index (χ3v) is 2.85. The molecule has 0 radical (unpaired) electrons. The Morgan fingerprint density at radius 3 is 2.60 bits per heavy atom. The molecule has 0 spiro atoms. The second-order valence-electron chi connectivity index (χ2n) is 4.21. The first kappa shape index (κ1) is 12.1. The predicted octanol–water partition coefficient (Wildman–Crippen LogP) is 2.32. The quantitative estimate of drug-likeness (QED) is 0.739. The van der Waals surface area contributed by atoms with Crippen molar-refractivity contribution in [2.24, 2.45) is 10.4 Å². The van der Waals surface area contributed by atoms with Crippen molar-refractivity contribution in [3.8, 4) is 11.1 Å². The van der Waals surface area contributed by atoms with E-state index in [1.165, 1.54) is 9.58 Å². The van der Waals surface area contributed by atoms with Crippen molar-refractivity contribution in [3.63, 3.8) is 0 Å². The van der Waals surface area contributed by atoms with Crippen LogP contribution in [-0.2, 0) is 0 Å². The summed E-state index contributed by atoms with van der Waals surface area (Å²) < 4.78 is 0. The van der Waals surface area contributed by atoms with Crippen LogP contribution in [0.25, 0.3) is 11.1 Å². The lowest BCUT2D eigenvalue weighted by Gasteiger charge is -2.00. The number of benzene rings is 1. The number of anilines is 1. The van der Waals surface area contributed by atoms with E-state index >= 15 is 0 Å². The summed E-state index contributed by atoms with van der Waals surface area (Å²) in [7, 11) is 0. The second-order valence-corrected chi connectivity index (χ2v) is 4.21. The van der Waals surface area contributed by atoms with Crippen molar-refractivity contribution in [3.05, 3.63) is 54.5 Å². The molecular weight excluding hydrogens is 254 g/mol. The summed E-state index contributed by atoms with van der Waals surface area (Å²) in [5.41, 5.74) is 8.76. The number of rotatable bonds is 3. The normalized spacial score (nSPS) is 11.2. The van der Waals surface area contributed by atoms with Crippen LogP contribution in [0.1, 0.15) is 5.69 Å². The third-order valence-electron chi connectivity index (χ3n) is 2.85. The molecule has 3 aromatic rings. The molecule has 0 aliphatic rings. The van der Waals surface area contributed by atoms with Gasteiger partial charge in [0.2, 0.25) is 0 Å². The molecule has 0 saturated carbocycles. The molecule has 7 nitrogen and oxygen atoms in total.